The van der Waals surface area contributed by atoms with Crippen molar-refractivity contribution in [3.63, 3.8) is 0 Å². The normalized spacial score (nSPS) is 15.0. The Balaban J connectivity index is 1.94. The summed E-state index contributed by atoms with van der Waals surface area (Å²) in [6, 6.07) is 6.08. The SMILES string of the molecule is Fc1ccc(Nc2cc(C(F)(F)F)nc(N3CCNC3)n2)cc1. The molecule has 0 amide bonds. The van der Waals surface area contributed by atoms with Crippen LogP contribution < -0.4 is 15.5 Å². The first-order chi connectivity index (χ1) is 10.9. The molecule has 1 fully saturated rings. The zero-order valence-electron chi connectivity index (χ0n) is 11.9. The van der Waals surface area contributed by atoms with Crippen molar-refractivity contribution in [2.24, 2.45) is 0 Å². The molecule has 3 rings (SSSR count). The summed E-state index contributed by atoms with van der Waals surface area (Å²) in [5.74, 6) is -0.437. The molecule has 0 saturated carbocycles. The van der Waals surface area contributed by atoms with Gasteiger partial charge < -0.3 is 10.2 Å². The van der Waals surface area contributed by atoms with E-state index in [9.17, 15) is 17.6 Å². The van der Waals surface area contributed by atoms with Crippen LogP contribution in [0.1, 0.15) is 5.69 Å². The standard InChI is InChI=1S/C14H13F4N5/c15-9-1-3-10(4-2-9)20-12-7-11(14(16,17)18)21-13(22-12)23-6-5-19-8-23/h1-4,7,19H,5-6,8H2,(H,20,21,22). The van der Waals surface area contributed by atoms with E-state index < -0.39 is 17.7 Å². The van der Waals surface area contributed by atoms with Gasteiger partial charge in [-0.15, -0.1) is 0 Å². The number of hydrogen-bond donors (Lipinski definition) is 2. The summed E-state index contributed by atoms with van der Waals surface area (Å²) in [5, 5.41) is 5.75. The lowest BCUT2D eigenvalue weighted by atomic mass is 10.3. The topological polar surface area (TPSA) is 53.1 Å². The molecule has 1 aromatic heterocycles. The molecule has 1 aromatic carbocycles. The third-order valence-electron chi connectivity index (χ3n) is 3.27. The predicted molar refractivity (Wildman–Crippen MR) is 76.9 cm³/mol. The summed E-state index contributed by atoms with van der Waals surface area (Å²) in [5.41, 5.74) is -0.595. The van der Waals surface area contributed by atoms with Crippen molar-refractivity contribution in [1.29, 1.82) is 0 Å². The molecule has 2 N–H and O–H groups in total. The molecule has 0 atom stereocenters. The second-order valence-electron chi connectivity index (χ2n) is 4.99. The fourth-order valence-electron chi connectivity index (χ4n) is 2.14. The number of anilines is 3. The lowest BCUT2D eigenvalue weighted by molar-refractivity contribution is -0.141. The van der Waals surface area contributed by atoms with Crippen molar-refractivity contribution in [2.75, 3.05) is 30.0 Å². The Hall–Kier alpha value is -2.42. The smallest absolute Gasteiger partial charge is 0.340 e. The molecule has 122 valence electrons. The molecule has 0 spiro atoms. The molecule has 0 bridgehead atoms. The number of nitrogens with one attached hydrogen (secondary N) is 2. The van der Waals surface area contributed by atoms with E-state index in [2.05, 4.69) is 20.6 Å². The molecule has 0 radical (unpaired) electrons. The molecule has 2 aromatic rings. The maximum absolute atomic E-state index is 13.0. The number of benzene rings is 1. The van der Waals surface area contributed by atoms with E-state index in [1.54, 1.807) is 4.90 Å². The summed E-state index contributed by atoms with van der Waals surface area (Å²) < 4.78 is 52.0. The lowest BCUT2D eigenvalue weighted by Gasteiger charge is -2.17. The molecule has 0 unspecified atom stereocenters. The van der Waals surface area contributed by atoms with Gasteiger partial charge in [-0.3, -0.25) is 5.32 Å². The zero-order valence-corrected chi connectivity index (χ0v) is 11.9. The maximum Gasteiger partial charge on any atom is 0.433 e. The molecule has 2 heterocycles. The number of rotatable bonds is 3. The average molecular weight is 327 g/mol. The highest BCUT2D eigenvalue weighted by atomic mass is 19.4. The van der Waals surface area contributed by atoms with Crippen LogP contribution in [0, 0.1) is 5.82 Å². The average Bonchev–Trinajstić information content (AvgIpc) is 3.03. The van der Waals surface area contributed by atoms with E-state index >= 15 is 0 Å². The van der Waals surface area contributed by atoms with Gasteiger partial charge >= 0.3 is 6.18 Å². The van der Waals surface area contributed by atoms with E-state index in [1.165, 1.54) is 24.3 Å². The Kier molecular flexibility index (Phi) is 4.03. The first kappa shape index (κ1) is 15.5. The minimum atomic E-state index is -4.58. The Labute approximate surface area is 129 Å². The van der Waals surface area contributed by atoms with Gasteiger partial charge in [0.1, 0.15) is 11.6 Å². The van der Waals surface area contributed by atoms with Crippen molar-refractivity contribution in [1.82, 2.24) is 15.3 Å². The van der Waals surface area contributed by atoms with Gasteiger partial charge in [-0.1, -0.05) is 0 Å². The minimum absolute atomic E-state index is 0.000771. The van der Waals surface area contributed by atoms with Crippen LogP contribution in [0.2, 0.25) is 0 Å². The third kappa shape index (κ3) is 3.67. The summed E-state index contributed by atoms with van der Waals surface area (Å²) in [6.45, 7) is 1.56. The highest BCUT2D eigenvalue weighted by molar-refractivity contribution is 5.58. The second-order valence-corrected chi connectivity index (χ2v) is 4.99. The number of alkyl halides is 3. The largest absolute Gasteiger partial charge is 0.433 e. The Morgan fingerprint density at radius 3 is 2.48 bits per heavy atom. The Morgan fingerprint density at radius 1 is 1.13 bits per heavy atom. The van der Waals surface area contributed by atoms with Gasteiger partial charge in [0.05, 0.1) is 6.67 Å². The Bertz CT molecular complexity index is 681. The molecule has 1 aliphatic rings. The van der Waals surface area contributed by atoms with E-state index in [0.29, 0.717) is 25.4 Å². The quantitative estimate of drug-likeness (QED) is 0.849. The van der Waals surface area contributed by atoms with Gasteiger partial charge in [0.25, 0.3) is 0 Å². The fourth-order valence-corrected chi connectivity index (χ4v) is 2.14. The summed E-state index contributed by atoms with van der Waals surface area (Å²) in [4.78, 5) is 9.32. The first-order valence-corrected chi connectivity index (χ1v) is 6.86. The molecular formula is C14H13F4N5. The van der Waals surface area contributed by atoms with Gasteiger partial charge in [-0.25, -0.2) is 9.37 Å². The van der Waals surface area contributed by atoms with Gasteiger partial charge in [0.15, 0.2) is 5.69 Å². The van der Waals surface area contributed by atoms with Crippen molar-refractivity contribution >= 4 is 17.5 Å². The zero-order chi connectivity index (χ0) is 16.4. The van der Waals surface area contributed by atoms with Gasteiger partial charge in [-0.2, -0.15) is 18.2 Å². The minimum Gasteiger partial charge on any atom is -0.340 e. The van der Waals surface area contributed by atoms with Gasteiger partial charge in [0, 0.05) is 24.8 Å². The van der Waals surface area contributed by atoms with Crippen LogP contribution in [-0.4, -0.2) is 29.7 Å². The van der Waals surface area contributed by atoms with Crippen molar-refractivity contribution in [2.45, 2.75) is 6.18 Å². The summed E-state index contributed by atoms with van der Waals surface area (Å²) in [6.07, 6.45) is -4.58. The van der Waals surface area contributed by atoms with Crippen LogP contribution >= 0.6 is 0 Å². The van der Waals surface area contributed by atoms with Crippen LogP contribution in [-0.2, 0) is 6.18 Å². The van der Waals surface area contributed by atoms with E-state index in [-0.39, 0.29) is 11.8 Å². The maximum atomic E-state index is 13.0. The first-order valence-electron chi connectivity index (χ1n) is 6.86. The van der Waals surface area contributed by atoms with Crippen LogP contribution in [0.5, 0.6) is 0 Å². The molecule has 1 aliphatic heterocycles. The van der Waals surface area contributed by atoms with Gasteiger partial charge in [0.2, 0.25) is 5.95 Å². The molecule has 5 nitrogen and oxygen atoms in total. The monoisotopic (exact) mass is 327 g/mol. The number of nitrogens with zero attached hydrogens (tertiary/aromatic N) is 3. The van der Waals surface area contributed by atoms with Crippen LogP contribution in [0.15, 0.2) is 30.3 Å². The van der Waals surface area contributed by atoms with E-state index in [4.69, 9.17) is 0 Å². The molecule has 23 heavy (non-hydrogen) atoms. The molecule has 9 heteroatoms. The predicted octanol–water partition coefficient (Wildman–Crippen LogP) is 2.75. The molecule has 0 aliphatic carbocycles. The van der Waals surface area contributed by atoms with Gasteiger partial charge in [-0.05, 0) is 24.3 Å². The van der Waals surface area contributed by atoms with Crippen molar-refractivity contribution in [3.05, 3.63) is 41.8 Å². The van der Waals surface area contributed by atoms with Crippen molar-refractivity contribution < 1.29 is 17.6 Å². The Morgan fingerprint density at radius 2 is 1.87 bits per heavy atom. The van der Waals surface area contributed by atoms with Crippen LogP contribution in [0.3, 0.4) is 0 Å². The highest BCUT2D eigenvalue weighted by Gasteiger charge is 2.34. The summed E-state index contributed by atoms with van der Waals surface area (Å²) >= 11 is 0. The lowest BCUT2D eigenvalue weighted by Crippen LogP contribution is -2.25. The molecular weight excluding hydrogens is 314 g/mol. The van der Waals surface area contributed by atoms with Crippen molar-refractivity contribution in [3.8, 4) is 0 Å². The number of hydrogen-bond acceptors (Lipinski definition) is 5. The highest BCUT2D eigenvalue weighted by Crippen LogP contribution is 2.31. The fraction of sp³-hybridized carbons (Fsp3) is 0.286. The van der Waals surface area contributed by atoms with E-state index in [1.807, 2.05) is 0 Å². The second kappa shape index (κ2) is 5.99. The van der Waals surface area contributed by atoms with Crippen LogP contribution in [0.25, 0.3) is 0 Å². The number of aromatic nitrogens is 2. The van der Waals surface area contributed by atoms with Crippen LogP contribution in [0.4, 0.5) is 35.0 Å². The van der Waals surface area contributed by atoms with E-state index in [0.717, 1.165) is 6.07 Å². The summed E-state index contributed by atoms with van der Waals surface area (Å²) in [7, 11) is 0. The third-order valence-corrected chi connectivity index (χ3v) is 3.27. The number of halogens is 4. The molecule has 1 saturated heterocycles.